The van der Waals surface area contributed by atoms with E-state index >= 15 is 0 Å². The average molecular weight is 276 g/mol. The zero-order valence-corrected chi connectivity index (χ0v) is 12.9. The summed E-state index contributed by atoms with van der Waals surface area (Å²) in [6.07, 6.45) is 2.85. The number of benzene rings is 1. The Morgan fingerprint density at radius 3 is 2.45 bits per heavy atom. The SMILES string of the molecule is CCN(CC)Cc1ccc(CNCC2CCCO2)cc1. The highest BCUT2D eigenvalue weighted by atomic mass is 16.5. The molecule has 112 valence electrons. The topological polar surface area (TPSA) is 24.5 Å². The first-order valence-corrected chi connectivity index (χ1v) is 7.94. The molecule has 1 saturated heterocycles. The number of hydrogen-bond acceptors (Lipinski definition) is 3. The number of ether oxygens (including phenoxy) is 1. The molecule has 3 heteroatoms. The van der Waals surface area contributed by atoms with Crippen LogP contribution in [0.25, 0.3) is 0 Å². The van der Waals surface area contributed by atoms with Gasteiger partial charge in [0, 0.05) is 26.2 Å². The van der Waals surface area contributed by atoms with Gasteiger partial charge in [-0.05, 0) is 37.1 Å². The number of hydrogen-bond donors (Lipinski definition) is 1. The first kappa shape index (κ1) is 15.5. The summed E-state index contributed by atoms with van der Waals surface area (Å²) in [5, 5.41) is 3.49. The van der Waals surface area contributed by atoms with Crippen molar-refractivity contribution in [3.05, 3.63) is 35.4 Å². The van der Waals surface area contributed by atoms with E-state index in [-0.39, 0.29) is 0 Å². The van der Waals surface area contributed by atoms with E-state index in [4.69, 9.17) is 4.74 Å². The van der Waals surface area contributed by atoms with Crippen LogP contribution in [-0.2, 0) is 17.8 Å². The van der Waals surface area contributed by atoms with Gasteiger partial charge in [-0.2, -0.15) is 0 Å². The Bertz CT molecular complexity index is 367. The van der Waals surface area contributed by atoms with Crippen LogP contribution >= 0.6 is 0 Å². The highest BCUT2D eigenvalue weighted by Crippen LogP contribution is 2.11. The molecule has 0 bridgehead atoms. The number of rotatable bonds is 8. The van der Waals surface area contributed by atoms with Crippen molar-refractivity contribution in [2.24, 2.45) is 0 Å². The Hall–Kier alpha value is -0.900. The fraction of sp³-hybridized carbons (Fsp3) is 0.647. The minimum Gasteiger partial charge on any atom is -0.377 e. The summed E-state index contributed by atoms with van der Waals surface area (Å²) >= 11 is 0. The van der Waals surface area contributed by atoms with Crippen LogP contribution in [0.3, 0.4) is 0 Å². The maximum absolute atomic E-state index is 5.61. The lowest BCUT2D eigenvalue weighted by Crippen LogP contribution is -2.25. The van der Waals surface area contributed by atoms with Crippen LogP contribution in [0.5, 0.6) is 0 Å². The van der Waals surface area contributed by atoms with E-state index < -0.39 is 0 Å². The van der Waals surface area contributed by atoms with Crippen LogP contribution in [0.2, 0.25) is 0 Å². The van der Waals surface area contributed by atoms with Crippen LogP contribution in [-0.4, -0.2) is 37.2 Å². The molecule has 0 aliphatic carbocycles. The van der Waals surface area contributed by atoms with Gasteiger partial charge in [0.15, 0.2) is 0 Å². The first-order chi connectivity index (χ1) is 9.81. The van der Waals surface area contributed by atoms with E-state index in [1.165, 1.54) is 24.0 Å². The zero-order chi connectivity index (χ0) is 14.2. The summed E-state index contributed by atoms with van der Waals surface area (Å²) in [7, 11) is 0. The maximum Gasteiger partial charge on any atom is 0.0700 e. The summed E-state index contributed by atoms with van der Waals surface area (Å²) in [6.45, 7) is 10.6. The fourth-order valence-electron chi connectivity index (χ4n) is 2.65. The quantitative estimate of drug-likeness (QED) is 0.790. The molecule has 1 aliphatic heterocycles. The second-order valence-electron chi connectivity index (χ2n) is 5.54. The Morgan fingerprint density at radius 2 is 1.85 bits per heavy atom. The predicted octanol–water partition coefficient (Wildman–Crippen LogP) is 2.80. The molecule has 0 radical (unpaired) electrons. The van der Waals surface area contributed by atoms with E-state index in [9.17, 15) is 0 Å². The Kier molecular flexibility index (Phi) is 6.51. The van der Waals surface area contributed by atoms with E-state index in [0.717, 1.165) is 39.3 Å². The molecule has 20 heavy (non-hydrogen) atoms. The molecular weight excluding hydrogens is 248 g/mol. The highest BCUT2D eigenvalue weighted by Gasteiger charge is 2.14. The second kappa shape index (κ2) is 8.40. The lowest BCUT2D eigenvalue weighted by atomic mass is 10.1. The van der Waals surface area contributed by atoms with Gasteiger partial charge in [0.1, 0.15) is 0 Å². The summed E-state index contributed by atoms with van der Waals surface area (Å²) in [6, 6.07) is 8.98. The molecule has 0 spiro atoms. The van der Waals surface area contributed by atoms with Crippen molar-refractivity contribution in [1.29, 1.82) is 0 Å². The molecule has 0 amide bonds. The van der Waals surface area contributed by atoms with Crippen LogP contribution in [0.15, 0.2) is 24.3 Å². The van der Waals surface area contributed by atoms with E-state index in [2.05, 4.69) is 48.3 Å². The summed E-state index contributed by atoms with van der Waals surface area (Å²) in [4.78, 5) is 2.44. The van der Waals surface area contributed by atoms with Gasteiger partial charge in [0.2, 0.25) is 0 Å². The smallest absolute Gasteiger partial charge is 0.0700 e. The highest BCUT2D eigenvalue weighted by molar-refractivity contribution is 5.22. The van der Waals surface area contributed by atoms with E-state index in [1.807, 2.05) is 0 Å². The monoisotopic (exact) mass is 276 g/mol. The molecule has 3 nitrogen and oxygen atoms in total. The van der Waals surface area contributed by atoms with Gasteiger partial charge in [0.05, 0.1) is 6.10 Å². The first-order valence-electron chi connectivity index (χ1n) is 7.94. The van der Waals surface area contributed by atoms with Gasteiger partial charge in [-0.3, -0.25) is 4.90 Å². The predicted molar refractivity (Wildman–Crippen MR) is 83.7 cm³/mol. The Morgan fingerprint density at radius 1 is 1.15 bits per heavy atom. The number of nitrogens with zero attached hydrogens (tertiary/aromatic N) is 1. The van der Waals surface area contributed by atoms with Gasteiger partial charge in [-0.1, -0.05) is 38.1 Å². The van der Waals surface area contributed by atoms with Gasteiger partial charge in [0.25, 0.3) is 0 Å². The number of nitrogens with one attached hydrogen (secondary N) is 1. The van der Waals surface area contributed by atoms with Crippen molar-refractivity contribution in [3.8, 4) is 0 Å². The van der Waals surface area contributed by atoms with Gasteiger partial charge in [-0.15, -0.1) is 0 Å². The van der Waals surface area contributed by atoms with Crippen LogP contribution in [0, 0.1) is 0 Å². The molecule has 0 saturated carbocycles. The second-order valence-corrected chi connectivity index (χ2v) is 5.54. The van der Waals surface area contributed by atoms with Crippen LogP contribution in [0.4, 0.5) is 0 Å². The van der Waals surface area contributed by atoms with Crippen molar-refractivity contribution in [2.75, 3.05) is 26.2 Å². The molecule has 1 aliphatic rings. The molecule has 1 aromatic rings. The molecule has 1 unspecified atom stereocenters. The third-order valence-corrected chi connectivity index (χ3v) is 4.05. The maximum atomic E-state index is 5.61. The van der Waals surface area contributed by atoms with Gasteiger partial charge >= 0.3 is 0 Å². The normalized spacial score (nSPS) is 18.9. The molecule has 1 aromatic carbocycles. The third-order valence-electron chi connectivity index (χ3n) is 4.05. The zero-order valence-electron chi connectivity index (χ0n) is 12.9. The van der Waals surface area contributed by atoms with Crippen molar-refractivity contribution in [1.82, 2.24) is 10.2 Å². The lowest BCUT2D eigenvalue weighted by Gasteiger charge is -2.18. The van der Waals surface area contributed by atoms with Crippen LogP contribution < -0.4 is 5.32 Å². The molecule has 1 atom stereocenters. The summed E-state index contributed by atoms with van der Waals surface area (Å²) < 4.78 is 5.61. The van der Waals surface area contributed by atoms with Crippen molar-refractivity contribution in [3.63, 3.8) is 0 Å². The summed E-state index contributed by atoms with van der Waals surface area (Å²) in [5.74, 6) is 0. The van der Waals surface area contributed by atoms with Gasteiger partial charge in [-0.25, -0.2) is 0 Å². The molecule has 1 fully saturated rings. The minimum atomic E-state index is 0.428. The average Bonchev–Trinajstić information content (AvgIpc) is 2.99. The van der Waals surface area contributed by atoms with Gasteiger partial charge < -0.3 is 10.1 Å². The standard InChI is InChI=1S/C17H28N2O/c1-3-19(4-2)14-16-9-7-15(8-10-16)12-18-13-17-6-5-11-20-17/h7-10,17-18H,3-6,11-14H2,1-2H3. The van der Waals surface area contributed by atoms with E-state index in [0.29, 0.717) is 6.10 Å². The molecule has 0 aromatic heterocycles. The molecule has 2 rings (SSSR count). The van der Waals surface area contributed by atoms with Crippen molar-refractivity contribution in [2.45, 2.75) is 45.9 Å². The van der Waals surface area contributed by atoms with Crippen molar-refractivity contribution < 1.29 is 4.74 Å². The Balaban J connectivity index is 1.73. The van der Waals surface area contributed by atoms with E-state index in [1.54, 1.807) is 0 Å². The largest absolute Gasteiger partial charge is 0.377 e. The third kappa shape index (κ3) is 4.89. The van der Waals surface area contributed by atoms with Crippen LogP contribution in [0.1, 0.15) is 37.8 Å². The minimum absolute atomic E-state index is 0.428. The lowest BCUT2D eigenvalue weighted by molar-refractivity contribution is 0.110. The Labute approximate surface area is 123 Å². The molecule has 1 heterocycles. The molecule has 1 N–H and O–H groups in total. The van der Waals surface area contributed by atoms with Crippen molar-refractivity contribution >= 4 is 0 Å². The summed E-state index contributed by atoms with van der Waals surface area (Å²) in [5.41, 5.74) is 2.75. The fourth-order valence-corrected chi connectivity index (χ4v) is 2.65. The molecular formula is C17H28N2O.